The van der Waals surface area contributed by atoms with Crippen molar-refractivity contribution >= 4 is 17.7 Å². The molecule has 3 rings (SSSR count). The minimum atomic E-state index is -4.85. The highest BCUT2D eigenvalue weighted by Crippen LogP contribution is 2.39. The fourth-order valence-electron chi connectivity index (χ4n) is 4.19. The first kappa shape index (κ1) is 21.1. The Morgan fingerprint density at radius 1 is 1.17 bits per heavy atom. The molecule has 2 fully saturated rings. The van der Waals surface area contributed by atoms with Gasteiger partial charge in [0.15, 0.2) is 0 Å². The van der Waals surface area contributed by atoms with Gasteiger partial charge in [0, 0.05) is 19.2 Å². The minimum absolute atomic E-state index is 0.154. The van der Waals surface area contributed by atoms with Crippen molar-refractivity contribution in [2.45, 2.75) is 51.6 Å². The van der Waals surface area contributed by atoms with E-state index in [1.807, 2.05) is 0 Å². The lowest BCUT2D eigenvalue weighted by Gasteiger charge is -2.27. The van der Waals surface area contributed by atoms with Gasteiger partial charge in [-0.05, 0) is 25.8 Å². The van der Waals surface area contributed by atoms with Crippen molar-refractivity contribution in [1.82, 2.24) is 9.80 Å². The zero-order valence-electron chi connectivity index (χ0n) is 16.2. The van der Waals surface area contributed by atoms with Gasteiger partial charge in [-0.3, -0.25) is 19.3 Å². The number of hydrogen-bond acceptors (Lipinski definition) is 4. The number of fused-ring (bicyclic) bond motifs is 1. The fourth-order valence-corrected chi connectivity index (χ4v) is 4.19. The van der Waals surface area contributed by atoms with Gasteiger partial charge < -0.3 is 9.64 Å². The summed E-state index contributed by atoms with van der Waals surface area (Å²) in [5.74, 6) is -2.29. The summed E-state index contributed by atoms with van der Waals surface area (Å²) in [5, 5.41) is 0. The van der Waals surface area contributed by atoms with Crippen molar-refractivity contribution in [3.63, 3.8) is 0 Å². The van der Waals surface area contributed by atoms with E-state index in [9.17, 15) is 27.6 Å². The molecule has 3 unspecified atom stereocenters. The quantitative estimate of drug-likeness (QED) is 0.697. The van der Waals surface area contributed by atoms with E-state index in [4.69, 9.17) is 0 Å². The van der Waals surface area contributed by atoms with Gasteiger partial charge >= 0.3 is 6.36 Å². The predicted octanol–water partition coefficient (Wildman–Crippen LogP) is 3.11. The zero-order chi connectivity index (χ0) is 21.3. The molecule has 158 valence electrons. The third kappa shape index (κ3) is 4.38. The predicted molar refractivity (Wildman–Crippen MR) is 96.4 cm³/mol. The molecule has 1 heterocycles. The summed E-state index contributed by atoms with van der Waals surface area (Å²) in [6, 6.07) is 4.52. The molecular formula is C20H23F3N2O4. The number of ether oxygens (including phenoxy) is 1. The van der Waals surface area contributed by atoms with E-state index >= 15 is 0 Å². The first-order valence-electron chi connectivity index (χ1n) is 9.55. The fraction of sp³-hybridized carbons (Fsp3) is 0.550. The largest absolute Gasteiger partial charge is 0.573 e. The van der Waals surface area contributed by atoms with Gasteiger partial charge in [-0.15, -0.1) is 13.2 Å². The van der Waals surface area contributed by atoms with E-state index in [1.54, 1.807) is 6.07 Å². The third-order valence-corrected chi connectivity index (χ3v) is 5.60. The number of amides is 3. The second-order valence-electron chi connectivity index (χ2n) is 7.57. The molecule has 6 nitrogen and oxygen atoms in total. The summed E-state index contributed by atoms with van der Waals surface area (Å²) in [6.07, 6.45) is -1.80. The number of carbonyl (C=O) groups excluding carboxylic acids is 3. The van der Waals surface area contributed by atoms with Crippen molar-refractivity contribution in [1.29, 1.82) is 0 Å². The molecule has 1 aromatic rings. The smallest absolute Gasteiger partial charge is 0.405 e. The molecule has 9 heteroatoms. The SMILES string of the molecule is CC(C(=O)N(C)Cc1ccccc1OC(F)(F)F)N1C(=O)C2CCCCC2C1=O. The summed E-state index contributed by atoms with van der Waals surface area (Å²) in [7, 11) is 1.42. The maximum atomic E-state index is 12.8. The van der Waals surface area contributed by atoms with Crippen LogP contribution in [-0.4, -0.2) is 47.0 Å². The van der Waals surface area contributed by atoms with Crippen molar-refractivity contribution in [3.8, 4) is 5.75 Å². The van der Waals surface area contributed by atoms with Gasteiger partial charge in [0.05, 0.1) is 11.8 Å². The highest BCUT2D eigenvalue weighted by molar-refractivity contribution is 6.08. The van der Waals surface area contributed by atoms with Gasteiger partial charge in [-0.1, -0.05) is 31.0 Å². The average molecular weight is 412 g/mol. The van der Waals surface area contributed by atoms with E-state index in [1.165, 1.54) is 37.1 Å². The molecule has 3 amide bonds. The lowest BCUT2D eigenvalue weighted by Crippen LogP contribution is -2.48. The van der Waals surface area contributed by atoms with Crippen LogP contribution in [0.2, 0.25) is 0 Å². The van der Waals surface area contributed by atoms with Crippen LogP contribution in [0.5, 0.6) is 5.75 Å². The van der Waals surface area contributed by atoms with Crippen molar-refractivity contribution in [2.24, 2.45) is 11.8 Å². The molecule has 1 aliphatic carbocycles. The van der Waals surface area contributed by atoms with E-state index < -0.39 is 24.1 Å². The number of likely N-dealkylation sites (N-methyl/N-ethyl adjacent to an activating group) is 1. The Kier molecular flexibility index (Phi) is 5.86. The third-order valence-electron chi connectivity index (χ3n) is 5.60. The standard InChI is InChI=1S/C20H23F3N2O4/c1-12(25-18(27)14-8-4-5-9-15(14)19(25)28)17(26)24(2)11-13-7-3-6-10-16(13)29-20(21,22)23/h3,6-7,10,12,14-15H,4-5,8-9,11H2,1-2H3. The molecule has 29 heavy (non-hydrogen) atoms. The Morgan fingerprint density at radius 2 is 1.72 bits per heavy atom. The molecular weight excluding hydrogens is 389 g/mol. The Balaban J connectivity index is 1.72. The van der Waals surface area contributed by atoms with Gasteiger partial charge in [-0.2, -0.15) is 0 Å². The van der Waals surface area contributed by atoms with Crippen molar-refractivity contribution in [3.05, 3.63) is 29.8 Å². The Hall–Kier alpha value is -2.58. The maximum absolute atomic E-state index is 12.8. The Labute approximate surface area is 166 Å². The van der Waals surface area contributed by atoms with E-state index in [0.717, 1.165) is 17.7 Å². The number of para-hydroxylation sites is 1. The number of rotatable bonds is 5. The number of carbonyl (C=O) groups is 3. The summed E-state index contributed by atoms with van der Waals surface area (Å²) < 4.78 is 41.8. The highest BCUT2D eigenvalue weighted by Gasteiger charge is 2.51. The van der Waals surface area contributed by atoms with Crippen molar-refractivity contribution < 1.29 is 32.3 Å². The second-order valence-corrected chi connectivity index (χ2v) is 7.57. The molecule has 2 aliphatic rings. The van der Waals surface area contributed by atoms with E-state index in [2.05, 4.69) is 4.74 Å². The van der Waals surface area contributed by atoms with Gasteiger partial charge in [-0.25, -0.2) is 0 Å². The van der Waals surface area contributed by atoms with Crippen LogP contribution < -0.4 is 4.74 Å². The number of alkyl halides is 3. The lowest BCUT2D eigenvalue weighted by atomic mass is 9.81. The number of imide groups is 1. The molecule has 1 saturated heterocycles. The molecule has 0 aromatic heterocycles. The molecule has 0 radical (unpaired) electrons. The summed E-state index contributed by atoms with van der Waals surface area (Å²) in [6.45, 7) is 1.32. The number of hydrogen-bond donors (Lipinski definition) is 0. The van der Waals surface area contributed by atoms with Crippen LogP contribution in [0.15, 0.2) is 24.3 Å². The first-order chi connectivity index (χ1) is 13.6. The van der Waals surface area contributed by atoms with Crippen LogP contribution in [0.25, 0.3) is 0 Å². The number of benzene rings is 1. The van der Waals surface area contributed by atoms with Crippen LogP contribution in [0.4, 0.5) is 13.2 Å². The number of halogens is 3. The molecule has 0 bridgehead atoms. The van der Waals surface area contributed by atoms with E-state index in [-0.39, 0.29) is 35.8 Å². The lowest BCUT2D eigenvalue weighted by molar-refractivity contribution is -0.275. The molecule has 0 spiro atoms. The van der Waals surface area contributed by atoms with Gasteiger partial charge in [0.1, 0.15) is 11.8 Å². The minimum Gasteiger partial charge on any atom is -0.405 e. The summed E-state index contributed by atoms with van der Waals surface area (Å²) >= 11 is 0. The summed E-state index contributed by atoms with van der Waals surface area (Å²) in [5.41, 5.74) is 0.167. The van der Waals surface area contributed by atoms with Crippen LogP contribution in [-0.2, 0) is 20.9 Å². The average Bonchev–Trinajstić information content (AvgIpc) is 2.92. The topological polar surface area (TPSA) is 66.9 Å². The van der Waals surface area contributed by atoms with Gasteiger partial charge in [0.2, 0.25) is 17.7 Å². The molecule has 1 aromatic carbocycles. The molecule has 0 N–H and O–H groups in total. The second kappa shape index (κ2) is 8.04. The normalized spacial score (nSPS) is 23.0. The van der Waals surface area contributed by atoms with Crippen LogP contribution in [0.3, 0.4) is 0 Å². The molecule has 3 atom stereocenters. The van der Waals surface area contributed by atoms with Crippen LogP contribution in [0.1, 0.15) is 38.2 Å². The van der Waals surface area contributed by atoms with Crippen molar-refractivity contribution in [2.75, 3.05) is 7.05 Å². The maximum Gasteiger partial charge on any atom is 0.573 e. The highest BCUT2D eigenvalue weighted by atomic mass is 19.4. The monoisotopic (exact) mass is 412 g/mol. The molecule has 1 aliphatic heterocycles. The Morgan fingerprint density at radius 3 is 2.28 bits per heavy atom. The molecule has 1 saturated carbocycles. The van der Waals surface area contributed by atoms with Crippen LogP contribution in [0, 0.1) is 11.8 Å². The van der Waals surface area contributed by atoms with E-state index in [0.29, 0.717) is 12.8 Å². The zero-order valence-corrected chi connectivity index (χ0v) is 16.2. The number of nitrogens with zero attached hydrogens (tertiary/aromatic N) is 2. The summed E-state index contributed by atoms with van der Waals surface area (Å²) in [4.78, 5) is 40.4. The Bertz CT molecular complexity index is 787. The van der Waals surface area contributed by atoms with Crippen LogP contribution >= 0.6 is 0 Å². The van der Waals surface area contributed by atoms with Gasteiger partial charge in [0.25, 0.3) is 0 Å². The first-order valence-corrected chi connectivity index (χ1v) is 9.55. The number of likely N-dealkylation sites (tertiary alicyclic amines) is 1.